The summed E-state index contributed by atoms with van der Waals surface area (Å²) in [5.41, 5.74) is -1.21. The summed E-state index contributed by atoms with van der Waals surface area (Å²) in [4.78, 5) is 25.7. The summed E-state index contributed by atoms with van der Waals surface area (Å²) in [6.45, 7) is 3.64. The van der Waals surface area contributed by atoms with Crippen LogP contribution in [0.3, 0.4) is 0 Å². The van der Waals surface area contributed by atoms with Crippen LogP contribution >= 0.6 is 0 Å². The summed E-state index contributed by atoms with van der Waals surface area (Å²) in [6, 6.07) is 8.95. The Morgan fingerprint density at radius 1 is 1.21 bits per heavy atom. The molecule has 6 heteroatoms. The van der Waals surface area contributed by atoms with Gasteiger partial charge in [-0.1, -0.05) is 43.2 Å². The lowest BCUT2D eigenvalue weighted by Gasteiger charge is -2.33. The fraction of sp³-hybridized carbons (Fsp3) is 0.636. The first kappa shape index (κ1) is 20.8. The SMILES string of the molecule is CCOC(=O)C(CC1CCNC1)OC(=O)C(O)(c1ccccc1)C1CCCC1. The van der Waals surface area contributed by atoms with E-state index in [9.17, 15) is 14.7 Å². The Morgan fingerprint density at radius 3 is 2.54 bits per heavy atom. The van der Waals surface area contributed by atoms with E-state index in [1.54, 1.807) is 31.2 Å². The lowest BCUT2D eigenvalue weighted by molar-refractivity contribution is -0.188. The number of carbonyl (C=O) groups excluding carboxylic acids is 2. The predicted octanol–water partition coefficient (Wildman–Crippen LogP) is 2.54. The Bertz CT molecular complexity index is 652. The molecular weight excluding hydrogens is 358 g/mol. The molecule has 1 aromatic carbocycles. The number of hydrogen-bond acceptors (Lipinski definition) is 6. The highest BCUT2D eigenvalue weighted by atomic mass is 16.6. The standard InChI is InChI=1S/C22H31NO5/c1-2-27-20(24)19(14-16-12-13-23-15-16)28-21(25)22(26,18-10-6-7-11-18)17-8-4-3-5-9-17/h3-5,8-9,16,18-19,23,26H,2,6-7,10-15H2,1H3. The molecule has 0 amide bonds. The molecule has 3 unspecified atom stereocenters. The Morgan fingerprint density at radius 2 is 1.93 bits per heavy atom. The van der Waals surface area contributed by atoms with Crippen LogP contribution in [0.25, 0.3) is 0 Å². The topological polar surface area (TPSA) is 84.9 Å². The van der Waals surface area contributed by atoms with Gasteiger partial charge in [-0.3, -0.25) is 0 Å². The number of rotatable bonds is 8. The molecule has 0 aromatic heterocycles. The molecule has 2 N–H and O–H groups in total. The zero-order chi connectivity index (χ0) is 20.0. The molecule has 1 saturated heterocycles. The second kappa shape index (κ2) is 9.52. The molecule has 1 saturated carbocycles. The van der Waals surface area contributed by atoms with Gasteiger partial charge in [0.1, 0.15) is 0 Å². The molecule has 2 aliphatic rings. The minimum Gasteiger partial charge on any atom is -0.463 e. The van der Waals surface area contributed by atoms with Gasteiger partial charge < -0.3 is 19.9 Å². The third-order valence-electron chi connectivity index (χ3n) is 5.98. The van der Waals surface area contributed by atoms with Crippen molar-refractivity contribution in [1.82, 2.24) is 5.32 Å². The smallest absolute Gasteiger partial charge is 0.347 e. The van der Waals surface area contributed by atoms with Crippen molar-refractivity contribution >= 4 is 11.9 Å². The van der Waals surface area contributed by atoms with Crippen molar-refractivity contribution in [2.45, 2.75) is 57.2 Å². The quantitative estimate of drug-likeness (QED) is 0.665. The Labute approximate surface area is 166 Å². The molecule has 6 nitrogen and oxygen atoms in total. The maximum Gasteiger partial charge on any atom is 0.347 e. The number of hydrogen-bond donors (Lipinski definition) is 2. The second-order valence-corrected chi connectivity index (χ2v) is 7.85. The van der Waals surface area contributed by atoms with Crippen LogP contribution in [0.4, 0.5) is 0 Å². The summed E-state index contributed by atoms with van der Waals surface area (Å²) >= 11 is 0. The van der Waals surface area contributed by atoms with E-state index in [4.69, 9.17) is 9.47 Å². The first-order valence-electron chi connectivity index (χ1n) is 10.4. The molecule has 2 fully saturated rings. The van der Waals surface area contributed by atoms with E-state index in [-0.39, 0.29) is 18.4 Å². The van der Waals surface area contributed by atoms with Gasteiger partial charge in [0.05, 0.1) is 6.61 Å². The maximum absolute atomic E-state index is 13.2. The summed E-state index contributed by atoms with van der Waals surface area (Å²) in [6.07, 6.45) is 3.82. The van der Waals surface area contributed by atoms with E-state index in [0.29, 0.717) is 12.0 Å². The fourth-order valence-electron chi connectivity index (χ4n) is 4.42. The van der Waals surface area contributed by atoms with E-state index in [2.05, 4.69) is 5.32 Å². The van der Waals surface area contributed by atoms with Crippen LogP contribution in [0.2, 0.25) is 0 Å². The van der Waals surface area contributed by atoms with Crippen molar-refractivity contribution in [2.75, 3.05) is 19.7 Å². The molecule has 3 rings (SSSR count). The lowest BCUT2D eigenvalue weighted by atomic mass is 9.80. The van der Waals surface area contributed by atoms with Crippen molar-refractivity contribution < 1.29 is 24.2 Å². The number of nitrogens with one attached hydrogen (secondary N) is 1. The monoisotopic (exact) mass is 389 g/mol. The van der Waals surface area contributed by atoms with Gasteiger partial charge in [0, 0.05) is 5.92 Å². The average Bonchev–Trinajstić information content (AvgIpc) is 3.42. The van der Waals surface area contributed by atoms with Crippen molar-refractivity contribution in [2.24, 2.45) is 11.8 Å². The number of benzene rings is 1. The second-order valence-electron chi connectivity index (χ2n) is 7.85. The highest BCUT2D eigenvalue weighted by Gasteiger charge is 2.49. The van der Waals surface area contributed by atoms with Gasteiger partial charge in [-0.05, 0) is 57.2 Å². The molecule has 154 valence electrons. The van der Waals surface area contributed by atoms with Crippen LogP contribution in [0.1, 0.15) is 51.0 Å². The summed E-state index contributed by atoms with van der Waals surface area (Å²) in [5.74, 6) is -1.24. The first-order chi connectivity index (χ1) is 13.6. The zero-order valence-corrected chi connectivity index (χ0v) is 16.6. The molecule has 1 aromatic rings. The molecule has 28 heavy (non-hydrogen) atoms. The van der Waals surface area contributed by atoms with Gasteiger partial charge in [-0.2, -0.15) is 0 Å². The van der Waals surface area contributed by atoms with Crippen molar-refractivity contribution in [3.05, 3.63) is 35.9 Å². The van der Waals surface area contributed by atoms with Crippen molar-refractivity contribution in [3.63, 3.8) is 0 Å². The number of carbonyl (C=O) groups is 2. The van der Waals surface area contributed by atoms with Crippen molar-refractivity contribution in [1.29, 1.82) is 0 Å². The molecule has 1 aliphatic heterocycles. The maximum atomic E-state index is 13.2. The van der Waals surface area contributed by atoms with Crippen molar-refractivity contribution in [3.8, 4) is 0 Å². The third-order valence-corrected chi connectivity index (χ3v) is 5.98. The van der Waals surface area contributed by atoms with E-state index in [1.807, 2.05) is 6.07 Å². The summed E-state index contributed by atoms with van der Waals surface area (Å²) in [7, 11) is 0. The van der Waals surface area contributed by atoms with Crippen LogP contribution in [0, 0.1) is 11.8 Å². The summed E-state index contributed by atoms with van der Waals surface area (Å²) in [5, 5.41) is 14.8. The Balaban J connectivity index is 1.82. The minimum atomic E-state index is -1.74. The van der Waals surface area contributed by atoms with Gasteiger partial charge in [0.25, 0.3) is 0 Å². The minimum absolute atomic E-state index is 0.210. The highest BCUT2D eigenvalue weighted by Crippen LogP contribution is 2.42. The van der Waals surface area contributed by atoms with Gasteiger partial charge >= 0.3 is 11.9 Å². The van der Waals surface area contributed by atoms with Crippen LogP contribution in [0.15, 0.2) is 30.3 Å². The molecule has 0 radical (unpaired) electrons. The highest BCUT2D eigenvalue weighted by molar-refractivity contribution is 5.85. The van der Waals surface area contributed by atoms with E-state index in [0.717, 1.165) is 45.2 Å². The Kier molecular flexibility index (Phi) is 7.08. The molecule has 0 spiro atoms. The van der Waals surface area contributed by atoms with Gasteiger partial charge in [-0.25, -0.2) is 9.59 Å². The van der Waals surface area contributed by atoms with E-state index >= 15 is 0 Å². The molecule has 0 bridgehead atoms. The van der Waals surface area contributed by atoms with E-state index < -0.39 is 23.6 Å². The zero-order valence-electron chi connectivity index (χ0n) is 16.6. The Hall–Kier alpha value is -1.92. The first-order valence-corrected chi connectivity index (χ1v) is 10.4. The number of esters is 2. The molecule has 1 aliphatic carbocycles. The van der Waals surface area contributed by atoms with Gasteiger partial charge in [0.15, 0.2) is 11.7 Å². The normalized spacial score (nSPS) is 23.1. The van der Waals surface area contributed by atoms with Crippen LogP contribution in [-0.4, -0.2) is 42.8 Å². The fourth-order valence-corrected chi connectivity index (χ4v) is 4.42. The average molecular weight is 389 g/mol. The van der Waals surface area contributed by atoms with Gasteiger partial charge in [-0.15, -0.1) is 0 Å². The summed E-state index contributed by atoms with van der Waals surface area (Å²) < 4.78 is 10.8. The van der Waals surface area contributed by atoms with Gasteiger partial charge in [0.2, 0.25) is 0 Å². The molecule has 1 heterocycles. The number of ether oxygens (including phenoxy) is 2. The molecule has 3 atom stereocenters. The van der Waals surface area contributed by atoms with Crippen LogP contribution in [0.5, 0.6) is 0 Å². The predicted molar refractivity (Wildman–Crippen MR) is 104 cm³/mol. The number of aliphatic hydroxyl groups is 1. The third kappa shape index (κ3) is 4.55. The lowest BCUT2D eigenvalue weighted by Crippen LogP contribution is -2.46. The largest absolute Gasteiger partial charge is 0.463 e. The van der Waals surface area contributed by atoms with Crippen LogP contribution in [-0.2, 0) is 24.7 Å². The molecular formula is C22H31NO5. The van der Waals surface area contributed by atoms with Crippen LogP contribution < -0.4 is 5.32 Å². The van der Waals surface area contributed by atoms with E-state index in [1.165, 1.54) is 0 Å².